The van der Waals surface area contributed by atoms with Crippen LogP contribution in [-0.2, 0) is 11.3 Å². The van der Waals surface area contributed by atoms with E-state index in [2.05, 4.69) is 5.16 Å². The van der Waals surface area contributed by atoms with Gasteiger partial charge in [-0.3, -0.25) is 0 Å². The average molecular weight is 123 g/mol. The largest absolute Gasteiger partial charge is 0.496 e. The number of hydrogen-bond acceptors (Lipinski definition) is 3. The smallest absolute Gasteiger partial charge is 0.169 e. The van der Waals surface area contributed by atoms with Gasteiger partial charge in [0.25, 0.3) is 0 Å². The molecule has 2 rings (SSSR count). The molecule has 0 spiro atoms. The monoisotopic (exact) mass is 123 g/mol. The van der Waals surface area contributed by atoms with Crippen molar-refractivity contribution in [1.82, 2.24) is 5.16 Å². The lowest BCUT2D eigenvalue weighted by atomic mass is 10.2. The topological polar surface area (TPSA) is 35.3 Å². The van der Waals surface area contributed by atoms with Crippen LogP contribution in [-0.4, -0.2) is 5.16 Å². The third-order valence-electron chi connectivity index (χ3n) is 1.23. The van der Waals surface area contributed by atoms with Crippen molar-refractivity contribution < 1.29 is 9.26 Å². The molecule has 0 amide bonds. The molecule has 1 aromatic heterocycles. The van der Waals surface area contributed by atoms with Crippen molar-refractivity contribution in [1.29, 1.82) is 0 Å². The lowest BCUT2D eigenvalue weighted by Crippen LogP contribution is -1.90. The molecule has 0 fully saturated rings. The highest BCUT2D eigenvalue weighted by Gasteiger charge is 2.07. The minimum absolute atomic E-state index is 0.579. The number of rotatable bonds is 0. The Morgan fingerprint density at radius 3 is 3.44 bits per heavy atom. The maximum atomic E-state index is 4.97. The van der Waals surface area contributed by atoms with Crippen LogP contribution >= 0.6 is 0 Å². The fraction of sp³-hybridized carbons (Fsp3) is 0.167. The zero-order valence-corrected chi connectivity index (χ0v) is 4.70. The number of ether oxygens (including phenoxy) is 1. The minimum Gasteiger partial charge on any atom is -0.496 e. The van der Waals surface area contributed by atoms with Crippen molar-refractivity contribution in [2.45, 2.75) is 6.61 Å². The van der Waals surface area contributed by atoms with Crippen LogP contribution < -0.4 is 0 Å². The standard InChI is InChI=1S/C6H5NO2/c1-2-8-4-5-3-7-9-6(1)5/h1-3H,4H2. The van der Waals surface area contributed by atoms with Crippen molar-refractivity contribution in [3.63, 3.8) is 0 Å². The van der Waals surface area contributed by atoms with Gasteiger partial charge >= 0.3 is 0 Å². The predicted octanol–water partition coefficient (Wildman–Crippen LogP) is 1.18. The van der Waals surface area contributed by atoms with Gasteiger partial charge in [-0.2, -0.15) is 0 Å². The van der Waals surface area contributed by atoms with E-state index in [1.807, 2.05) is 0 Å². The van der Waals surface area contributed by atoms with E-state index in [4.69, 9.17) is 9.26 Å². The third kappa shape index (κ3) is 0.614. The highest BCUT2D eigenvalue weighted by molar-refractivity contribution is 5.46. The maximum absolute atomic E-state index is 4.97. The third-order valence-corrected chi connectivity index (χ3v) is 1.23. The normalized spacial score (nSPS) is 14.7. The summed E-state index contributed by atoms with van der Waals surface area (Å²) in [6.07, 6.45) is 5.03. The van der Waals surface area contributed by atoms with E-state index in [1.165, 1.54) is 0 Å². The van der Waals surface area contributed by atoms with E-state index in [0.717, 1.165) is 11.3 Å². The first-order valence-electron chi connectivity index (χ1n) is 2.68. The minimum atomic E-state index is 0.579. The van der Waals surface area contributed by atoms with Crippen molar-refractivity contribution >= 4 is 6.08 Å². The summed E-state index contributed by atoms with van der Waals surface area (Å²) in [5, 5.41) is 3.60. The van der Waals surface area contributed by atoms with Gasteiger partial charge in [0.2, 0.25) is 0 Å². The number of nitrogens with zero attached hydrogens (tertiary/aromatic N) is 1. The zero-order chi connectivity index (χ0) is 6.10. The van der Waals surface area contributed by atoms with Crippen LogP contribution in [0.2, 0.25) is 0 Å². The number of hydrogen-bond donors (Lipinski definition) is 0. The summed E-state index contributed by atoms with van der Waals surface area (Å²) >= 11 is 0. The lowest BCUT2D eigenvalue weighted by Gasteiger charge is -2.01. The molecule has 0 aliphatic carbocycles. The van der Waals surface area contributed by atoms with Crippen LogP contribution in [0.25, 0.3) is 6.08 Å². The van der Waals surface area contributed by atoms with Crippen LogP contribution in [0, 0.1) is 0 Å². The zero-order valence-electron chi connectivity index (χ0n) is 4.70. The molecule has 3 nitrogen and oxygen atoms in total. The molecule has 3 heteroatoms. The van der Waals surface area contributed by atoms with Gasteiger partial charge in [-0.25, -0.2) is 0 Å². The second kappa shape index (κ2) is 1.62. The van der Waals surface area contributed by atoms with Gasteiger partial charge in [0.05, 0.1) is 18.0 Å². The molecule has 0 unspecified atom stereocenters. The Hall–Kier alpha value is -1.25. The van der Waals surface area contributed by atoms with E-state index in [-0.39, 0.29) is 0 Å². The van der Waals surface area contributed by atoms with E-state index in [9.17, 15) is 0 Å². The summed E-state index contributed by atoms with van der Waals surface area (Å²) in [5.41, 5.74) is 1.01. The van der Waals surface area contributed by atoms with Gasteiger partial charge in [0.15, 0.2) is 5.76 Å². The second-order valence-electron chi connectivity index (χ2n) is 1.83. The van der Waals surface area contributed by atoms with Crippen LogP contribution in [0.5, 0.6) is 0 Å². The summed E-state index contributed by atoms with van der Waals surface area (Å²) in [6, 6.07) is 0. The highest BCUT2D eigenvalue weighted by atomic mass is 16.5. The molecular weight excluding hydrogens is 118 g/mol. The van der Waals surface area contributed by atoms with Crippen molar-refractivity contribution in [3.05, 3.63) is 23.8 Å². The van der Waals surface area contributed by atoms with E-state index < -0.39 is 0 Å². The van der Waals surface area contributed by atoms with Crippen molar-refractivity contribution in [3.8, 4) is 0 Å². The average Bonchev–Trinajstić information content (AvgIpc) is 2.33. The van der Waals surface area contributed by atoms with E-state index in [0.29, 0.717) is 6.61 Å². The van der Waals surface area contributed by atoms with Gasteiger partial charge in [-0.05, 0) is 0 Å². The van der Waals surface area contributed by atoms with Crippen LogP contribution in [0.1, 0.15) is 11.3 Å². The van der Waals surface area contributed by atoms with Gasteiger partial charge < -0.3 is 9.26 Å². The Morgan fingerprint density at radius 2 is 2.56 bits per heavy atom. The van der Waals surface area contributed by atoms with Crippen LogP contribution in [0.15, 0.2) is 17.0 Å². The molecule has 0 N–H and O–H groups in total. The molecule has 1 aromatic rings. The van der Waals surface area contributed by atoms with E-state index in [1.54, 1.807) is 18.5 Å². The molecule has 0 aromatic carbocycles. The van der Waals surface area contributed by atoms with Gasteiger partial charge in [0.1, 0.15) is 6.61 Å². The van der Waals surface area contributed by atoms with Crippen molar-refractivity contribution in [2.75, 3.05) is 0 Å². The fourth-order valence-electron chi connectivity index (χ4n) is 0.763. The Kier molecular flexibility index (Phi) is 0.828. The summed E-state index contributed by atoms with van der Waals surface area (Å²) < 4.78 is 9.81. The molecule has 1 aliphatic heterocycles. The molecule has 0 bridgehead atoms. The molecule has 0 atom stereocenters. The number of aromatic nitrogens is 1. The summed E-state index contributed by atoms with van der Waals surface area (Å²) in [7, 11) is 0. The molecule has 0 saturated heterocycles. The predicted molar refractivity (Wildman–Crippen MR) is 30.3 cm³/mol. The Morgan fingerprint density at radius 1 is 1.56 bits per heavy atom. The molecule has 1 aliphatic rings. The highest BCUT2D eigenvalue weighted by Crippen LogP contribution is 2.15. The van der Waals surface area contributed by atoms with Gasteiger partial charge in [-0.15, -0.1) is 0 Å². The van der Waals surface area contributed by atoms with Crippen molar-refractivity contribution in [2.24, 2.45) is 0 Å². The van der Waals surface area contributed by atoms with Crippen LogP contribution in [0.4, 0.5) is 0 Å². The molecule has 0 saturated carbocycles. The van der Waals surface area contributed by atoms with E-state index >= 15 is 0 Å². The van der Waals surface area contributed by atoms with Crippen LogP contribution in [0.3, 0.4) is 0 Å². The lowest BCUT2D eigenvalue weighted by molar-refractivity contribution is 0.231. The molecule has 2 heterocycles. The second-order valence-corrected chi connectivity index (χ2v) is 1.83. The number of fused-ring (bicyclic) bond motifs is 1. The Labute approximate surface area is 51.9 Å². The van der Waals surface area contributed by atoms with Gasteiger partial charge in [-0.1, -0.05) is 5.16 Å². The summed E-state index contributed by atoms with van der Waals surface area (Å²) in [6.45, 7) is 0.579. The molecule has 9 heavy (non-hydrogen) atoms. The van der Waals surface area contributed by atoms with Gasteiger partial charge in [0, 0.05) is 6.08 Å². The Bertz CT molecular complexity index is 239. The first-order chi connectivity index (χ1) is 4.47. The molecule has 0 radical (unpaired) electrons. The fourth-order valence-corrected chi connectivity index (χ4v) is 0.763. The molecular formula is C6H5NO2. The summed E-state index contributed by atoms with van der Waals surface area (Å²) in [4.78, 5) is 0. The SMILES string of the molecule is C1=Cc2oncc2CO1. The maximum Gasteiger partial charge on any atom is 0.169 e. The summed E-state index contributed by atoms with van der Waals surface area (Å²) in [5.74, 6) is 0.807. The molecule has 46 valence electrons. The Balaban J connectivity index is 2.53. The first-order valence-corrected chi connectivity index (χ1v) is 2.68. The quantitative estimate of drug-likeness (QED) is 0.519. The first kappa shape index (κ1) is 4.61.